The predicted molar refractivity (Wildman–Crippen MR) is 77.3 cm³/mol. The number of rotatable bonds is 3. The van der Waals surface area contributed by atoms with Crippen molar-refractivity contribution < 1.29 is 21.6 Å². The van der Waals surface area contributed by atoms with E-state index in [0.29, 0.717) is 11.3 Å². The third kappa shape index (κ3) is 3.30. The van der Waals surface area contributed by atoms with Gasteiger partial charge in [0.2, 0.25) is 10.0 Å². The molecule has 0 saturated heterocycles. The first-order valence-electron chi connectivity index (χ1n) is 6.21. The number of hydrogen-bond acceptors (Lipinski definition) is 4. The molecule has 0 fully saturated rings. The van der Waals surface area contributed by atoms with Crippen molar-refractivity contribution in [2.24, 2.45) is 10.1 Å². The van der Waals surface area contributed by atoms with Crippen LogP contribution in [0.4, 0.5) is 18.9 Å². The summed E-state index contributed by atoms with van der Waals surface area (Å²) in [5.41, 5.74) is 0.781. The minimum absolute atomic E-state index is 0.114. The van der Waals surface area contributed by atoms with Gasteiger partial charge in [0.25, 0.3) is 0 Å². The summed E-state index contributed by atoms with van der Waals surface area (Å²) < 4.78 is 60.9. The summed E-state index contributed by atoms with van der Waals surface area (Å²) in [5, 5.41) is 4.99. The highest BCUT2D eigenvalue weighted by Gasteiger charge is 2.45. The second-order valence-corrected chi connectivity index (χ2v) is 6.50. The molecule has 1 unspecified atom stereocenters. The third-order valence-electron chi connectivity index (χ3n) is 3.13. The lowest BCUT2D eigenvalue weighted by atomic mass is 10.2. The molecule has 1 aromatic rings. The molecule has 0 aromatic heterocycles. The van der Waals surface area contributed by atoms with Crippen LogP contribution in [0.3, 0.4) is 0 Å². The zero-order valence-electron chi connectivity index (χ0n) is 11.6. The lowest BCUT2D eigenvalue weighted by molar-refractivity contribution is -0.142. The lowest BCUT2D eigenvalue weighted by Gasteiger charge is -2.22. The van der Waals surface area contributed by atoms with Gasteiger partial charge in [-0.05, 0) is 36.8 Å². The highest BCUT2D eigenvalue weighted by atomic mass is 32.2. The summed E-state index contributed by atoms with van der Waals surface area (Å²) in [4.78, 5) is 4.90. The van der Waals surface area contributed by atoms with Crippen molar-refractivity contribution in [3.8, 4) is 0 Å². The molecule has 1 aliphatic rings. The van der Waals surface area contributed by atoms with Crippen LogP contribution in [0, 0.1) is 0 Å². The summed E-state index contributed by atoms with van der Waals surface area (Å²) >= 11 is 0. The van der Waals surface area contributed by atoms with Gasteiger partial charge >= 0.3 is 6.18 Å². The molecule has 2 rings (SSSR count). The molecule has 1 aromatic carbocycles. The van der Waals surface area contributed by atoms with Crippen molar-refractivity contribution in [2.75, 3.05) is 11.4 Å². The average Bonchev–Trinajstić information content (AvgIpc) is 2.82. The third-order valence-corrected chi connectivity index (χ3v) is 4.06. The smallest absolute Gasteiger partial charge is 0.324 e. The zero-order valence-corrected chi connectivity index (χ0v) is 12.4. The number of sulfonamides is 1. The summed E-state index contributed by atoms with van der Waals surface area (Å²) in [5.74, 6) is 0.130. The van der Waals surface area contributed by atoms with Crippen molar-refractivity contribution in [2.45, 2.75) is 24.0 Å². The normalized spacial score (nSPS) is 19.2. The molecule has 120 valence electrons. The standard InChI is InChI=1S/C13H14F3N3O2S/c1-8(2)12-18-11(13(14,15)16)7-19(12)9-3-5-10(6-4-9)22(17,20)21/h3-6,11H,1,7H2,2H3,(H2,17,20,21). The van der Waals surface area contributed by atoms with Gasteiger partial charge in [-0.1, -0.05) is 6.58 Å². The zero-order chi connectivity index (χ0) is 16.7. The van der Waals surface area contributed by atoms with E-state index in [1.54, 1.807) is 6.92 Å². The molecule has 0 radical (unpaired) electrons. The van der Waals surface area contributed by atoms with Gasteiger partial charge in [-0.25, -0.2) is 13.6 Å². The van der Waals surface area contributed by atoms with Gasteiger partial charge in [0.15, 0.2) is 6.04 Å². The van der Waals surface area contributed by atoms with Crippen LogP contribution in [0.15, 0.2) is 46.3 Å². The number of halogens is 3. The van der Waals surface area contributed by atoms with Crippen molar-refractivity contribution in [1.82, 2.24) is 0 Å². The van der Waals surface area contributed by atoms with Gasteiger partial charge in [0.05, 0.1) is 11.4 Å². The molecule has 2 N–H and O–H groups in total. The maximum atomic E-state index is 12.8. The van der Waals surface area contributed by atoms with Crippen LogP contribution in [0.25, 0.3) is 0 Å². The molecule has 0 amide bonds. The van der Waals surface area contributed by atoms with Crippen molar-refractivity contribution in [1.29, 1.82) is 0 Å². The molecule has 9 heteroatoms. The monoisotopic (exact) mass is 333 g/mol. The van der Waals surface area contributed by atoms with Crippen molar-refractivity contribution >= 4 is 21.5 Å². The van der Waals surface area contributed by atoms with Crippen molar-refractivity contribution in [3.63, 3.8) is 0 Å². The quantitative estimate of drug-likeness (QED) is 0.920. The highest BCUT2D eigenvalue weighted by molar-refractivity contribution is 7.89. The van der Waals surface area contributed by atoms with Gasteiger partial charge in [-0.2, -0.15) is 13.2 Å². The Balaban J connectivity index is 2.36. The van der Waals surface area contributed by atoms with Crippen LogP contribution in [-0.2, 0) is 10.0 Å². The Morgan fingerprint density at radius 3 is 2.32 bits per heavy atom. The molecular formula is C13H14F3N3O2S. The fourth-order valence-corrected chi connectivity index (χ4v) is 2.59. The second-order valence-electron chi connectivity index (χ2n) is 4.94. The van der Waals surface area contributed by atoms with E-state index >= 15 is 0 Å². The van der Waals surface area contributed by atoms with E-state index in [-0.39, 0.29) is 17.3 Å². The minimum atomic E-state index is -4.45. The molecule has 1 heterocycles. The van der Waals surface area contributed by atoms with E-state index in [2.05, 4.69) is 11.6 Å². The molecule has 0 aliphatic carbocycles. The number of nitrogens with two attached hydrogens (primary N) is 1. The van der Waals surface area contributed by atoms with Crippen LogP contribution in [0.1, 0.15) is 6.92 Å². The van der Waals surface area contributed by atoms with E-state index in [1.165, 1.54) is 29.2 Å². The van der Waals surface area contributed by atoms with Gasteiger partial charge in [-0.3, -0.25) is 4.99 Å². The average molecular weight is 333 g/mol. The summed E-state index contributed by atoms with van der Waals surface area (Å²) in [6.45, 7) is 4.81. The maximum Gasteiger partial charge on any atom is 0.412 e. The first kappa shape index (κ1) is 16.5. The number of aliphatic imine (C=N–C) groups is 1. The van der Waals surface area contributed by atoms with E-state index in [1.807, 2.05) is 0 Å². The van der Waals surface area contributed by atoms with Crippen LogP contribution < -0.4 is 10.0 Å². The Kier molecular flexibility index (Phi) is 4.05. The van der Waals surface area contributed by atoms with Gasteiger partial charge < -0.3 is 4.90 Å². The molecule has 0 spiro atoms. The van der Waals surface area contributed by atoms with Gasteiger partial charge in [-0.15, -0.1) is 0 Å². The summed E-state index contributed by atoms with van der Waals surface area (Å²) in [7, 11) is -3.85. The number of primary sulfonamides is 1. The number of anilines is 1. The van der Waals surface area contributed by atoms with Crippen LogP contribution in [0.2, 0.25) is 0 Å². The summed E-state index contributed by atoms with van der Waals surface area (Å²) in [6.07, 6.45) is -4.45. The molecule has 5 nitrogen and oxygen atoms in total. The van der Waals surface area contributed by atoms with Crippen LogP contribution in [-0.4, -0.2) is 33.0 Å². The molecule has 1 aliphatic heterocycles. The molecular weight excluding hydrogens is 319 g/mol. The Morgan fingerprint density at radius 1 is 1.36 bits per heavy atom. The predicted octanol–water partition coefficient (Wildman–Crippen LogP) is 2.06. The maximum absolute atomic E-state index is 12.8. The van der Waals surface area contributed by atoms with E-state index < -0.39 is 22.2 Å². The largest absolute Gasteiger partial charge is 0.412 e. The topological polar surface area (TPSA) is 75.8 Å². The second kappa shape index (κ2) is 5.40. The Labute approximate surface area is 126 Å². The summed E-state index contributed by atoms with van der Waals surface area (Å²) in [6, 6.07) is 3.41. The van der Waals surface area contributed by atoms with E-state index in [9.17, 15) is 21.6 Å². The number of benzene rings is 1. The Bertz CT molecular complexity index is 724. The van der Waals surface area contributed by atoms with Crippen LogP contribution in [0.5, 0.6) is 0 Å². The number of alkyl halides is 3. The molecule has 0 bridgehead atoms. The highest BCUT2D eigenvalue weighted by Crippen LogP contribution is 2.31. The SMILES string of the molecule is C=C(C)C1=NC(C(F)(F)F)CN1c1ccc(S(N)(=O)=O)cc1. The molecule has 0 saturated carbocycles. The van der Waals surface area contributed by atoms with E-state index in [4.69, 9.17) is 5.14 Å². The minimum Gasteiger partial charge on any atom is -0.324 e. The molecule has 1 atom stereocenters. The Hall–Kier alpha value is -1.87. The van der Waals surface area contributed by atoms with Crippen molar-refractivity contribution in [3.05, 3.63) is 36.4 Å². The van der Waals surface area contributed by atoms with Gasteiger partial charge in [0, 0.05) is 5.69 Å². The van der Waals surface area contributed by atoms with Gasteiger partial charge in [0.1, 0.15) is 5.84 Å². The first-order valence-corrected chi connectivity index (χ1v) is 7.75. The Morgan fingerprint density at radius 2 is 1.91 bits per heavy atom. The fraction of sp³-hybridized carbons (Fsp3) is 0.308. The first-order chi connectivity index (χ1) is 10.00. The fourth-order valence-electron chi connectivity index (χ4n) is 2.08. The number of nitrogens with zero attached hydrogens (tertiary/aromatic N) is 2. The van der Waals surface area contributed by atoms with E-state index in [0.717, 1.165) is 0 Å². The molecule has 22 heavy (non-hydrogen) atoms. The number of hydrogen-bond donors (Lipinski definition) is 1. The number of amidine groups is 1. The lowest BCUT2D eigenvalue weighted by Crippen LogP contribution is -2.35. The van der Waals surface area contributed by atoms with Crippen LogP contribution >= 0.6 is 0 Å².